The van der Waals surface area contributed by atoms with Crippen LogP contribution in [0.2, 0.25) is 0 Å². The van der Waals surface area contributed by atoms with Crippen molar-refractivity contribution in [2.24, 2.45) is 0 Å². The maximum Gasteiger partial charge on any atom is 0.261 e. The van der Waals surface area contributed by atoms with Gasteiger partial charge in [-0.15, -0.1) is 0 Å². The van der Waals surface area contributed by atoms with Crippen molar-refractivity contribution in [3.8, 4) is 0 Å². The number of aryl methyl sites for hydroxylation is 1. The fourth-order valence-corrected chi connectivity index (χ4v) is 2.10. The van der Waals surface area contributed by atoms with Gasteiger partial charge in [0.1, 0.15) is 5.56 Å². The minimum absolute atomic E-state index is 0.0879. The number of hydrogen-bond acceptors (Lipinski definition) is 2. The molecule has 0 aliphatic heterocycles. The molecule has 92 valence electrons. The largest absolute Gasteiger partial charge is 0.367 e. The van der Waals surface area contributed by atoms with Crippen LogP contribution < -0.4 is 10.7 Å². The van der Waals surface area contributed by atoms with E-state index in [4.69, 9.17) is 0 Å². The van der Waals surface area contributed by atoms with E-state index in [-0.39, 0.29) is 11.0 Å². The maximum atomic E-state index is 11.9. The lowest BCUT2D eigenvalue weighted by molar-refractivity contribution is 0.102. The molecule has 0 bridgehead atoms. The molecule has 4 nitrogen and oxygen atoms in total. The molecule has 0 unspecified atom stereocenters. The number of hydrogen-bond donors (Lipinski definition) is 2. The van der Waals surface area contributed by atoms with Crippen molar-refractivity contribution in [1.82, 2.24) is 4.98 Å². The average molecular weight is 307 g/mol. The zero-order chi connectivity index (χ0) is 13.1. The highest BCUT2D eigenvalue weighted by molar-refractivity contribution is 9.10. The van der Waals surface area contributed by atoms with Gasteiger partial charge < -0.3 is 10.3 Å². The van der Waals surface area contributed by atoms with Crippen molar-refractivity contribution in [3.63, 3.8) is 0 Å². The minimum Gasteiger partial charge on any atom is -0.367 e. The van der Waals surface area contributed by atoms with E-state index in [1.807, 2.05) is 19.1 Å². The van der Waals surface area contributed by atoms with E-state index in [0.29, 0.717) is 5.69 Å². The fourth-order valence-electron chi connectivity index (χ4n) is 1.50. The Morgan fingerprint density at radius 3 is 2.78 bits per heavy atom. The van der Waals surface area contributed by atoms with Crippen molar-refractivity contribution in [2.75, 3.05) is 5.32 Å². The van der Waals surface area contributed by atoms with Gasteiger partial charge in [-0.1, -0.05) is 6.07 Å². The van der Waals surface area contributed by atoms with Gasteiger partial charge in [-0.3, -0.25) is 9.59 Å². The Bertz CT molecular complexity index is 649. The predicted molar refractivity (Wildman–Crippen MR) is 73.9 cm³/mol. The van der Waals surface area contributed by atoms with Gasteiger partial charge in [0, 0.05) is 22.9 Å². The quantitative estimate of drug-likeness (QED) is 0.896. The summed E-state index contributed by atoms with van der Waals surface area (Å²) in [5.41, 5.74) is 1.49. The zero-order valence-electron chi connectivity index (χ0n) is 9.66. The normalized spacial score (nSPS) is 10.1. The van der Waals surface area contributed by atoms with Crippen LogP contribution in [0.4, 0.5) is 5.69 Å². The Hall–Kier alpha value is -1.88. The van der Waals surface area contributed by atoms with E-state index in [1.165, 1.54) is 18.5 Å². The van der Waals surface area contributed by atoms with Crippen LogP contribution in [0.3, 0.4) is 0 Å². The van der Waals surface area contributed by atoms with E-state index < -0.39 is 5.91 Å². The van der Waals surface area contributed by atoms with Crippen molar-refractivity contribution in [3.05, 3.63) is 62.5 Å². The second kappa shape index (κ2) is 5.18. The summed E-state index contributed by atoms with van der Waals surface area (Å²) in [6.07, 6.45) is 2.88. The maximum absolute atomic E-state index is 11.9. The molecule has 1 aromatic carbocycles. The molecule has 5 heteroatoms. The van der Waals surface area contributed by atoms with Crippen molar-refractivity contribution in [2.45, 2.75) is 6.92 Å². The van der Waals surface area contributed by atoms with Crippen LogP contribution in [-0.2, 0) is 0 Å². The third-order valence-electron chi connectivity index (χ3n) is 2.44. The second-order valence-corrected chi connectivity index (χ2v) is 4.71. The van der Waals surface area contributed by atoms with E-state index in [9.17, 15) is 9.59 Å². The number of pyridine rings is 1. The molecule has 0 fully saturated rings. The molecule has 2 rings (SSSR count). The molecule has 0 radical (unpaired) electrons. The van der Waals surface area contributed by atoms with Gasteiger partial charge in [0.2, 0.25) is 0 Å². The molecule has 0 atom stereocenters. The van der Waals surface area contributed by atoms with Crippen molar-refractivity contribution < 1.29 is 4.79 Å². The van der Waals surface area contributed by atoms with E-state index in [0.717, 1.165) is 10.0 Å². The van der Waals surface area contributed by atoms with Crippen LogP contribution in [-0.4, -0.2) is 10.9 Å². The molecule has 1 heterocycles. The van der Waals surface area contributed by atoms with E-state index >= 15 is 0 Å². The standard InChI is InChI=1S/C13H11BrN2O2/c1-8-2-3-11(10(14)6-8)16-13(18)9-7-15-5-4-12(9)17/h2-7H,1H3,(H,15,17)(H,16,18). The first-order valence-electron chi connectivity index (χ1n) is 5.32. The third-order valence-corrected chi connectivity index (χ3v) is 3.10. The van der Waals surface area contributed by atoms with Crippen LogP contribution in [0.1, 0.15) is 15.9 Å². The first-order chi connectivity index (χ1) is 8.58. The molecule has 0 saturated carbocycles. The van der Waals surface area contributed by atoms with Crippen LogP contribution in [0.25, 0.3) is 0 Å². The Labute approximate surface area is 112 Å². The van der Waals surface area contributed by atoms with Gasteiger partial charge in [-0.2, -0.15) is 0 Å². The first kappa shape index (κ1) is 12.6. The molecular formula is C13H11BrN2O2. The number of benzene rings is 1. The van der Waals surface area contributed by atoms with Crippen LogP contribution in [0.5, 0.6) is 0 Å². The molecule has 2 N–H and O–H groups in total. The summed E-state index contributed by atoms with van der Waals surface area (Å²) in [4.78, 5) is 26.1. The highest BCUT2D eigenvalue weighted by Gasteiger charge is 2.11. The summed E-state index contributed by atoms with van der Waals surface area (Å²) in [6, 6.07) is 6.88. The van der Waals surface area contributed by atoms with Crippen LogP contribution in [0, 0.1) is 6.92 Å². The number of H-pyrrole nitrogens is 1. The number of aromatic nitrogens is 1. The highest BCUT2D eigenvalue weighted by Crippen LogP contribution is 2.23. The minimum atomic E-state index is -0.429. The SMILES string of the molecule is Cc1ccc(NC(=O)c2c[nH]ccc2=O)c(Br)c1. The highest BCUT2D eigenvalue weighted by atomic mass is 79.9. The van der Waals surface area contributed by atoms with Gasteiger partial charge in [-0.05, 0) is 40.5 Å². The molecule has 1 amide bonds. The molecule has 0 spiro atoms. The van der Waals surface area contributed by atoms with Crippen molar-refractivity contribution in [1.29, 1.82) is 0 Å². The number of aromatic amines is 1. The molecule has 1 aromatic heterocycles. The van der Waals surface area contributed by atoms with E-state index in [2.05, 4.69) is 26.2 Å². The van der Waals surface area contributed by atoms with E-state index in [1.54, 1.807) is 6.07 Å². The van der Waals surface area contributed by atoms with Gasteiger partial charge in [0.15, 0.2) is 5.43 Å². The number of carbonyl (C=O) groups is 1. The summed E-state index contributed by atoms with van der Waals surface area (Å²) in [7, 11) is 0. The smallest absolute Gasteiger partial charge is 0.261 e. The number of carbonyl (C=O) groups excluding carboxylic acids is 1. The lowest BCUT2D eigenvalue weighted by Gasteiger charge is -2.07. The fraction of sp³-hybridized carbons (Fsp3) is 0.0769. The Balaban J connectivity index is 2.27. The molecule has 0 aliphatic carbocycles. The number of nitrogens with one attached hydrogen (secondary N) is 2. The van der Waals surface area contributed by atoms with Gasteiger partial charge >= 0.3 is 0 Å². The Morgan fingerprint density at radius 2 is 2.11 bits per heavy atom. The summed E-state index contributed by atoms with van der Waals surface area (Å²) < 4.78 is 0.781. The number of amides is 1. The summed E-state index contributed by atoms with van der Waals surface area (Å²) >= 11 is 3.37. The lowest BCUT2D eigenvalue weighted by Crippen LogP contribution is -2.21. The molecule has 0 aliphatic rings. The number of rotatable bonds is 2. The Kier molecular flexibility index (Phi) is 3.62. The topological polar surface area (TPSA) is 62.0 Å². The third kappa shape index (κ3) is 2.68. The predicted octanol–water partition coefficient (Wildman–Crippen LogP) is 2.70. The molecule has 0 saturated heterocycles. The summed E-state index contributed by atoms with van der Waals surface area (Å²) in [5, 5.41) is 2.69. The Morgan fingerprint density at radius 1 is 1.33 bits per heavy atom. The van der Waals surface area contributed by atoms with Crippen LogP contribution >= 0.6 is 15.9 Å². The molecule has 2 aromatic rings. The summed E-state index contributed by atoms with van der Waals surface area (Å²) in [5.74, 6) is -0.429. The van der Waals surface area contributed by atoms with Crippen molar-refractivity contribution >= 4 is 27.5 Å². The van der Waals surface area contributed by atoms with Gasteiger partial charge in [0.25, 0.3) is 5.91 Å². The molecule has 18 heavy (non-hydrogen) atoms. The zero-order valence-corrected chi connectivity index (χ0v) is 11.2. The lowest BCUT2D eigenvalue weighted by atomic mass is 10.2. The number of halogens is 1. The second-order valence-electron chi connectivity index (χ2n) is 3.86. The average Bonchev–Trinajstić information content (AvgIpc) is 2.33. The van der Waals surface area contributed by atoms with Gasteiger partial charge in [-0.25, -0.2) is 0 Å². The van der Waals surface area contributed by atoms with Gasteiger partial charge in [0.05, 0.1) is 5.69 Å². The number of anilines is 1. The summed E-state index contributed by atoms with van der Waals surface area (Å²) in [6.45, 7) is 1.96. The molecular weight excluding hydrogens is 296 g/mol. The first-order valence-corrected chi connectivity index (χ1v) is 6.12. The van der Waals surface area contributed by atoms with Crippen LogP contribution in [0.15, 0.2) is 45.9 Å². The monoisotopic (exact) mass is 306 g/mol.